The van der Waals surface area contributed by atoms with Gasteiger partial charge in [0.1, 0.15) is 11.6 Å². The Labute approximate surface area is 179 Å². The number of hydrogen-bond acceptors (Lipinski definition) is 5. The van der Waals surface area contributed by atoms with Crippen LogP contribution >= 0.6 is 0 Å². The van der Waals surface area contributed by atoms with Gasteiger partial charge in [0.25, 0.3) is 0 Å². The highest BCUT2D eigenvalue weighted by Gasteiger charge is 2.16. The van der Waals surface area contributed by atoms with Gasteiger partial charge in [0.05, 0.1) is 28.8 Å². The highest BCUT2D eigenvalue weighted by Crippen LogP contribution is 2.25. The molecule has 0 bridgehead atoms. The first-order valence-electron chi connectivity index (χ1n) is 11.2. The Morgan fingerprint density at radius 2 is 1.93 bits per heavy atom. The van der Waals surface area contributed by atoms with Gasteiger partial charge in [0, 0.05) is 6.20 Å². The number of benzene rings is 1. The van der Waals surface area contributed by atoms with Gasteiger partial charge in [-0.25, -0.2) is 15.0 Å². The molecule has 1 saturated heterocycles. The van der Waals surface area contributed by atoms with E-state index in [0.717, 1.165) is 46.4 Å². The number of nitrogens with zero attached hydrogens (tertiary/aromatic N) is 4. The van der Waals surface area contributed by atoms with Crippen molar-refractivity contribution in [2.24, 2.45) is 5.92 Å². The Morgan fingerprint density at radius 3 is 2.70 bits per heavy atom. The summed E-state index contributed by atoms with van der Waals surface area (Å²) in [6, 6.07) is 4.30. The summed E-state index contributed by atoms with van der Waals surface area (Å²) < 4.78 is 0. The van der Waals surface area contributed by atoms with Crippen molar-refractivity contribution in [3.05, 3.63) is 41.0 Å². The van der Waals surface area contributed by atoms with Crippen molar-refractivity contribution >= 4 is 11.0 Å². The number of likely N-dealkylation sites (tertiary alicyclic amines) is 1. The lowest BCUT2D eigenvalue weighted by molar-refractivity contribution is 0.210. The largest absolute Gasteiger partial charge is 0.338 e. The fourth-order valence-electron chi connectivity index (χ4n) is 4.50. The van der Waals surface area contributed by atoms with Crippen LogP contribution in [-0.4, -0.2) is 51.5 Å². The Bertz CT molecular complexity index is 1000. The first-order valence-corrected chi connectivity index (χ1v) is 11.2. The van der Waals surface area contributed by atoms with Crippen LogP contribution in [0.5, 0.6) is 0 Å². The molecule has 30 heavy (non-hydrogen) atoms. The van der Waals surface area contributed by atoms with Crippen molar-refractivity contribution in [1.29, 1.82) is 0 Å². The number of fused-ring (bicyclic) bond motifs is 1. The third-order valence-corrected chi connectivity index (χ3v) is 6.29. The molecule has 0 spiro atoms. The minimum Gasteiger partial charge on any atom is -0.338 e. The second kappa shape index (κ2) is 9.23. The molecular weight excluding hydrogens is 372 g/mol. The summed E-state index contributed by atoms with van der Waals surface area (Å²) in [5.74, 6) is 2.59. The quantitative estimate of drug-likeness (QED) is 0.577. The molecule has 4 rings (SSSR count). The third-order valence-electron chi connectivity index (χ3n) is 6.29. The number of aromatic amines is 1. The lowest BCUT2D eigenvalue weighted by atomic mass is 9.92. The molecule has 0 atom stereocenters. The summed E-state index contributed by atoms with van der Waals surface area (Å²) in [6.45, 7) is 10.5. The predicted octanol–water partition coefficient (Wildman–Crippen LogP) is 4.16. The second-order valence-electron chi connectivity index (χ2n) is 8.91. The van der Waals surface area contributed by atoms with Crippen molar-refractivity contribution < 1.29 is 0 Å². The van der Waals surface area contributed by atoms with E-state index in [1.54, 1.807) is 0 Å². The van der Waals surface area contributed by atoms with Gasteiger partial charge in [-0.2, -0.15) is 0 Å². The lowest BCUT2D eigenvalue weighted by Crippen LogP contribution is -2.30. The van der Waals surface area contributed by atoms with E-state index in [-0.39, 0.29) is 0 Å². The maximum absolute atomic E-state index is 4.80. The Hall–Kier alpha value is -2.31. The van der Waals surface area contributed by atoms with Gasteiger partial charge in [-0.3, -0.25) is 0 Å². The van der Waals surface area contributed by atoms with Crippen molar-refractivity contribution in [2.45, 2.75) is 53.0 Å². The van der Waals surface area contributed by atoms with E-state index >= 15 is 0 Å². The van der Waals surface area contributed by atoms with E-state index < -0.39 is 0 Å². The number of H-pyrrole nitrogens is 1. The molecule has 6 nitrogen and oxygen atoms in total. The van der Waals surface area contributed by atoms with Crippen molar-refractivity contribution in [3.63, 3.8) is 0 Å². The summed E-state index contributed by atoms with van der Waals surface area (Å²) in [4.78, 5) is 20.0. The number of piperidine rings is 1. The molecule has 160 valence electrons. The zero-order valence-electron chi connectivity index (χ0n) is 18.8. The van der Waals surface area contributed by atoms with Crippen LogP contribution in [0.15, 0.2) is 18.3 Å². The topological polar surface area (TPSA) is 69.7 Å². The molecule has 0 saturated carbocycles. The Balaban J connectivity index is 1.32. The molecule has 2 aromatic heterocycles. The molecular formula is C24H34N6. The Morgan fingerprint density at radius 1 is 1.13 bits per heavy atom. The van der Waals surface area contributed by atoms with Crippen molar-refractivity contribution in [3.8, 4) is 11.4 Å². The zero-order valence-corrected chi connectivity index (χ0v) is 18.8. The van der Waals surface area contributed by atoms with Crippen molar-refractivity contribution in [1.82, 2.24) is 30.2 Å². The first-order chi connectivity index (χ1) is 14.5. The van der Waals surface area contributed by atoms with E-state index in [1.165, 1.54) is 49.9 Å². The van der Waals surface area contributed by atoms with Gasteiger partial charge in [-0.15, -0.1) is 0 Å². The van der Waals surface area contributed by atoms with Gasteiger partial charge in [-0.05, 0) is 96.2 Å². The van der Waals surface area contributed by atoms with Gasteiger partial charge in [0.2, 0.25) is 0 Å². The minimum atomic E-state index is 0.715. The minimum absolute atomic E-state index is 0.715. The zero-order chi connectivity index (χ0) is 21.1. The average Bonchev–Trinajstić information content (AvgIpc) is 3.13. The number of nitrogens with one attached hydrogen (secondary N) is 2. The first kappa shape index (κ1) is 20.9. The van der Waals surface area contributed by atoms with Crippen LogP contribution in [0.4, 0.5) is 0 Å². The molecule has 0 radical (unpaired) electrons. The van der Waals surface area contributed by atoms with Crippen LogP contribution in [0.2, 0.25) is 0 Å². The van der Waals surface area contributed by atoms with Crippen LogP contribution in [0.1, 0.15) is 48.3 Å². The summed E-state index contributed by atoms with van der Waals surface area (Å²) in [7, 11) is 2.22. The number of rotatable bonds is 7. The van der Waals surface area contributed by atoms with Crippen LogP contribution in [0, 0.1) is 26.7 Å². The highest BCUT2D eigenvalue weighted by molar-refractivity contribution is 5.83. The van der Waals surface area contributed by atoms with Gasteiger partial charge < -0.3 is 15.2 Å². The molecule has 0 amide bonds. The molecule has 3 heterocycles. The lowest BCUT2D eigenvalue weighted by Gasteiger charge is -2.28. The third kappa shape index (κ3) is 4.87. The molecule has 1 aliphatic heterocycles. The van der Waals surface area contributed by atoms with Crippen LogP contribution in [-0.2, 0) is 6.54 Å². The second-order valence-corrected chi connectivity index (χ2v) is 8.91. The molecule has 6 heteroatoms. The van der Waals surface area contributed by atoms with Gasteiger partial charge in [0.15, 0.2) is 0 Å². The average molecular weight is 407 g/mol. The predicted molar refractivity (Wildman–Crippen MR) is 122 cm³/mol. The summed E-state index contributed by atoms with van der Waals surface area (Å²) >= 11 is 0. The van der Waals surface area contributed by atoms with E-state index in [2.05, 4.69) is 53.2 Å². The standard InChI is InChI=1S/C24H34N6/c1-16-12-17(2)23-21(13-16)28-24(29-23)20-14-26-22(27-18(20)3)15-25-9-5-6-19-7-10-30(4)11-8-19/h12-14,19,25H,5-11,15H2,1-4H3,(H,28,29). The van der Waals surface area contributed by atoms with Gasteiger partial charge >= 0.3 is 0 Å². The number of imidazole rings is 1. The SMILES string of the molecule is Cc1cc(C)c2nc(-c3cnc(CNCCCC4CCN(C)CC4)nc3C)[nH]c2c1. The van der Waals surface area contributed by atoms with Crippen LogP contribution in [0.25, 0.3) is 22.4 Å². The van der Waals surface area contributed by atoms with E-state index in [9.17, 15) is 0 Å². The van der Waals surface area contributed by atoms with E-state index in [0.29, 0.717) is 6.54 Å². The fourth-order valence-corrected chi connectivity index (χ4v) is 4.50. The molecule has 0 aliphatic carbocycles. The molecule has 1 aromatic carbocycles. The molecule has 1 fully saturated rings. The summed E-state index contributed by atoms with van der Waals surface area (Å²) in [5.41, 5.74) is 6.44. The molecule has 3 aromatic rings. The molecule has 2 N–H and O–H groups in total. The van der Waals surface area contributed by atoms with Crippen LogP contribution in [0.3, 0.4) is 0 Å². The van der Waals surface area contributed by atoms with E-state index in [1.807, 2.05) is 13.1 Å². The fraction of sp³-hybridized carbons (Fsp3) is 0.542. The molecule has 0 unspecified atom stereocenters. The number of hydrogen-bond donors (Lipinski definition) is 2. The number of aryl methyl sites for hydroxylation is 3. The van der Waals surface area contributed by atoms with Crippen LogP contribution < -0.4 is 5.32 Å². The maximum atomic E-state index is 4.80. The smallest absolute Gasteiger partial charge is 0.142 e. The van der Waals surface area contributed by atoms with Crippen molar-refractivity contribution in [2.75, 3.05) is 26.7 Å². The maximum Gasteiger partial charge on any atom is 0.142 e. The normalized spacial score (nSPS) is 15.9. The summed E-state index contributed by atoms with van der Waals surface area (Å²) in [6.07, 6.45) is 7.15. The highest BCUT2D eigenvalue weighted by atomic mass is 15.1. The van der Waals surface area contributed by atoms with Gasteiger partial charge in [-0.1, -0.05) is 6.07 Å². The molecule has 1 aliphatic rings. The monoisotopic (exact) mass is 406 g/mol. The summed E-state index contributed by atoms with van der Waals surface area (Å²) in [5, 5.41) is 3.51. The Kier molecular flexibility index (Phi) is 6.44. The van der Waals surface area contributed by atoms with E-state index in [4.69, 9.17) is 9.97 Å². The number of aromatic nitrogens is 4.